The summed E-state index contributed by atoms with van der Waals surface area (Å²) in [5.74, 6) is 0. The molecular formula is C9H9N3O4. The van der Waals surface area contributed by atoms with Crippen LogP contribution in [0.25, 0.3) is 0 Å². The number of pyridine rings is 1. The third-order valence-corrected chi connectivity index (χ3v) is 2.05. The average molecular weight is 223 g/mol. The first-order valence-corrected chi connectivity index (χ1v) is 4.34. The highest BCUT2D eigenvalue weighted by Gasteiger charge is 2.21. The molecule has 2 N–H and O–H groups in total. The van der Waals surface area contributed by atoms with E-state index in [0.717, 1.165) is 6.07 Å². The molecule has 16 heavy (non-hydrogen) atoms. The second kappa shape index (κ2) is 4.65. The Kier molecular flexibility index (Phi) is 3.50. The number of rotatable bonds is 3. The molecule has 0 fully saturated rings. The van der Waals surface area contributed by atoms with E-state index in [2.05, 4.69) is 4.98 Å². The molecule has 1 heterocycles. The molecule has 0 saturated heterocycles. The Morgan fingerprint density at radius 2 is 2.25 bits per heavy atom. The number of aliphatic hydroxyl groups excluding tert-OH is 2. The molecular weight excluding hydrogens is 214 g/mol. The van der Waals surface area contributed by atoms with Gasteiger partial charge in [0.1, 0.15) is 11.8 Å². The lowest BCUT2D eigenvalue weighted by atomic mass is 10.1. The van der Waals surface area contributed by atoms with Crippen molar-refractivity contribution in [2.24, 2.45) is 0 Å². The van der Waals surface area contributed by atoms with E-state index in [-0.39, 0.29) is 16.9 Å². The highest BCUT2D eigenvalue weighted by molar-refractivity contribution is 5.38. The van der Waals surface area contributed by atoms with Crippen LogP contribution in [0.1, 0.15) is 17.4 Å². The van der Waals surface area contributed by atoms with E-state index in [4.69, 9.17) is 10.4 Å². The number of nitriles is 1. The predicted octanol–water partition coefficient (Wildman–Crippen LogP) is 0.216. The fraction of sp³-hybridized carbons (Fsp3) is 0.333. The summed E-state index contributed by atoms with van der Waals surface area (Å²) >= 11 is 0. The summed E-state index contributed by atoms with van der Waals surface area (Å²) in [4.78, 5) is 13.7. The molecule has 7 heteroatoms. The molecule has 7 nitrogen and oxygen atoms in total. The van der Waals surface area contributed by atoms with Crippen LogP contribution in [0.15, 0.2) is 12.3 Å². The number of aromatic nitrogens is 1. The summed E-state index contributed by atoms with van der Waals surface area (Å²) in [5, 5.41) is 37.5. The van der Waals surface area contributed by atoms with Gasteiger partial charge in [0.2, 0.25) is 0 Å². The Labute approximate surface area is 90.7 Å². The molecule has 0 spiro atoms. The number of aryl methyl sites for hydroxylation is 1. The largest absolute Gasteiger partial charge is 0.384 e. The lowest BCUT2D eigenvalue weighted by Gasteiger charge is -2.11. The maximum absolute atomic E-state index is 10.6. The van der Waals surface area contributed by atoms with Crippen LogP contribution < -0.4 is 0 Å². The Bertz CT molecular complexity index is 455. The zero-order chi connectivity index (χ0) is 12.3. The van der Waals surface area contributed by atoms with Gasteiger partial charge in [-0.2, -0.15) is 5.26 Å². The summed E-state index contributed by atoms with van der Waals surface area (Å²) in [7, 11) is 0. The molecule has 1 rings (SSSR count). The summed E-state index contributed by atoms with van der Waals surface area (Å²) in [5.41, 5.74) is -0.0274. The zero-order valence-corrected chi connectivity index (χ0v) is 8.36. The lowest BCUT2D eigenvalue weighted by molar-refractivity contribution is -0.385. The molecule has 0 radical (unpaired) electrons. The van der Waals surface area contributed by atoms with E-state index in [9.17, 15) is 15.2 Å². The van der Waals surface area contributed by atoms with Crippen molar-refractivity contribution in [2.75, 3.05) is 0 Å². The topological polar surface area (TPSA) is 120 Å². The predicted molar refractivity (Wildman–Crippen MR) is 52.2 cm³/mol. The monoisotopic (exact) mass is 223 g/mol. The van der Waals surface area contributed by atoms with Gasteiger partial charge in [-0.25, -0.2) is 0 Å². The second-order valence-corrected chi connectivity index (χ2v) is 3.15. The van der Waals surface area contributed by atoms with Crippen molar-refractivity contribution < 1.29 is 15.1 Å². The molecule has 0 amide bonds. The van der Waals surface area contributed by atoms with Crippen LogP contribution in [0.2, 0.25) is 0 Å². The van der Waals surface area contributed by atoms with Crippen molar-refractivity contribution in [1.29, 1.82) is 5.26 Å². The molecule has 1 aromatic heterocycles. The van der Waals surface area contributed by atoms with Crippen molar-refractivity contribution >= 4 is 5.69 Å². The number of hydrogen-bond acceptors (Lipinski definition) is 6. The van der Waals surface area contributed by atoms with E-state index >= 15 is 0 Å². The number of aliphatic hydroxyl groups is 2. The van der Waals surface area contributed by atoms with E-state index in [0.29, 0.717) is 0 Å². The standard InChI is InChI=1S/C9H9N3O4/c1-5-7(12(15)16)2-6(4-11-5)9(14)8(13)3-10/h2,4,8-9,13-14H,1H3. The minimum absolute atomic E-state index is 0.0337. The van der Waals surface area contributed by atoms with Gasteiger partial charge in [-0.1, -0.05) is 0 Å². The van der Waals surface area contributed by atoms with E-state index in [1.165, 1.54) is 19.2 Å². The van der Waals surface area contributed by atoms with Crippen LogP contribution >= 0.6 is 0 Å². The number of nitrogens with zero attached hydrogens (tertiary/aromatic N) is 3. The van der Waals surface area contributed by atoms with Crippen LogP contribution in [0.3, 0.4) is 0 Å². The first-order valence-electron chi connectivity index (χ1n) is 4.34. The van der Waals surface area contributed by atoms with Crippen molar-refractivity contribution in [3.05, 3.63) is 33.6 Å². The summed E-state index contributed by atoms with van der Waals surface area (Å²) in [6, 6.07) is 2.53. The highest BCUT2D eigenvalue weighted by atomic mass is 16.6. The molecule has 0 bridgehead atoms. The third kappa shape index (κ3) is 2.31. The number of nitro groups is 1. The van der Waals surface area contributed by atoms with Gasteiger partial charge >= 0.3 is 0 Å². The lowest BCUT2D eigenvalue weighted by Crippen LogP contribution is -2.16. The normalized spacial score (nSPS) is 13.9. The minimum atomic E-state index is -1.64. The molecule has 0 aliphatic rings. The molecule has 0 saturated carbocycles. The molecule has 0 aliphatic heterocycles. The molecule has 2 unspecified atom stereocenters. The van der Waals surface area contributed by atoms with Crippen LogP contribution in [0.5, 0.6) is 0 Å². The van der Waals surface area contributed by atoms with E-state index in [1.54, 1.807) is 0 Å². The quantitative estimate of drug-likeness (QED) is 0.429. The molecule has 0 aliphatic carbocycles. The van der Waals surface area contributed by atoms with Crippen molar-refractivity contribution in [3.8, 4) is 6.07 Å². The van der Waals surface area contributed by atoms with Crippen molar-refractivity contribution in [1.82, 2.24) is 4.98 Å². The fourth-order valence-electron chi connectivity index (χ4n) is 1.14. The van der Waals surface area contributed by atoms with Gasteiger partial charge in [0.05, 0.1) is 11.0 Å². The van der Waals surface area contributed by atoms with Crippen LogP contribution in [0.4, 0.5) is 5.69 Å². The molecule has 1 aromatic rings. The molecule has 2 atom stereocenters. The zero-order valence-electron chi connectivity index (χ0n) is 8.36. The van der Waals surface area contributed by atoms with Gasteiger partial charge < -0.3 is 10.2 Å². The Morgan fingerprint density at radius 3 is 2.75 bits per heavy atom. The number of hydrogen-bond donors (Lipinski definition) is 2. The molecule has 0 aromatic carbocycles. The summed E-state index contributed by atoms with van der Waals surface area (Å²) < 4.78 is 0. The SMILES string of the molecule is Cc1ncc(C(O)C(O)C#N)cc1[N+](=O)[O-]. The maximum Gasteiger partial charge on any atom is 0.290 e. The first-order chi connectivity index (χ1) is 7.47. The summed E-state index contributed by atoms with van der Waals surface area (Å²) in [6.07, 6.45) is -1.95. The van der Waals surface area contributed by atoms with E-state index in [1.807, 2.05) is 0 Å². The van der Waals surface area contributed by atoms with Gasteiger partial charge in [0.25, 0.3) is 5.69 Å². The van der Waals surface area contributed by atoms with E-state index < -0.39 is 17.1 Å². The van der Waals surface area contributed by atoms with Gasteiger partial charge in [-0.3, -0.25) is 15.1 Å². The first kappa shape index (κ1) is 12.0. The van der Waals surface area contributed by atoms with Crippen LogP contribution in [-0.4, -0.2) is 26.2 Å². The van der Waals surface area contributed by atoms with Gasteiger partial charge in [0.15, 0.2) is 6.10 Å². The minimum Gasteiger partial charge on any atom is -0.384 e. The van der Waals surface area contributed by atoms with Crippen molar-refractivity contribution in [2.45, 2.75) is 19.1 Å². The average Bonchev–Trinajstić information content (AvgIpc) is 2.27. The van der Waals surface area contributed by atoms with Gasteiger partial charge in [-0.05, 0) is 6.92 Å². The van der Waals surface area contributed by atoms with Gasteiger partial charge in [0, 0.05) is 17.8 Å². The fourth-order valence-corrected chi connectivity index (χ4v) is 1.14. The second-order valence-electron chi connectivity index (χ2n) is 3.15. The smallest absolute Gasteiger partial charge is 0.290 e. The Morgan fingerprint density at radius 1 is 1.62 bits per heavy atom. The van der Waals surface area contributed by atoms with Gasteiger partial charge in [-0.15, -0.1) is 0 Å². The van der Waals surface area contributed by atoms with Crippen LogP contribution in [-0.2, 0) is 0 Å². The van der Waals surface area contributed by atoms with Crippen molar-refractivity contribution in [3.63, 3.8) is 0 Å². The summed E-state index contributed by atoms with van der Waals surface area (Å²) in [6.45, 7) is 1.45. The Hall–Kier alpha value is -2.04. The maximum atomic E-state index is 10.6. The highest BCUT2D eigenvalue weighted by Crippen LogP contribution is 2.22. The van der Waals surface area contributed by atoms with Crippen LogP contribution in [0, 0.1) is 28.4 Å². The molecule has 84 valence electrons. The third-order valence-electron chi connectivity index (χ3n) is 2.05. The Balaban J connectivity index is 3.13.